The van der Waals surface area contributed by atoms with Crippen LogP contribution in [0.25, 0.3) is 0 Å². The molecular weight excluding hydrogens is 296 g/mol. The van der Waals surface area contributed by atoms with E-state index in [1.54, 1.807) is 18.0 Å². The van der Waals surface area contributed by atoms with Crippen LogP contribution in [0, 0.1) is 12.8 Å². The predicted molar refractivity (Wildman–Crippen MR) is 82.7 cm³/mol. The molecule has 7 nitrogen and oxygen atoms in total. The van der Waals surface area contributed by atoms with Gasteiger partial charge in [0.15, 0.2) is 0 Å². The van der Waals surface area contributed by atoms with Gasteiger partial charge in [0.1, 0.15) is 6.10 Å². The molecule has 0 saturated carbocycles. The lowest BCUT2D eigenvalue weighted by Gasteiger charge is -2.33. The zero-order chi connectivity index (χ0) is 16.4. The minimum Gasteiger partial charge on any atom is -0.471 e. The lowest BCUT2D eigenvalue weighted by atomic mass is 10.0. The molecule has 0 bridgehead atoms. The van der Waals surface area contributed by atoms with Crippen LogP contribution in [0.5, 0.6) is 5.88 Å². The first-order valence-electron chi connectivity index (χ1n) is 8.02. The van der Waals surface area contributed by atoms with E-state index in [4.69, 9.17) is 4.74 Å². The maximum Gasteiger partial charge on any atom is 0.233 e. The summed E-state index contributed by atoms with van der Waals surface area (Å²) in [6.45, 7) is 3.66. The smallest absolute Gasteiger partial charge is 0.233 e. The van der Waals surface area contributed by atoms with Crippen molar-refractivity contribution in [2.75, 3.05) is 26.7 Å². The van der Waals surface area contributed by atoms with Crippen molar-refractivity contribution in [2.24, 2.45) is 5.92 Å². The second-order valence-electron chi connectivity index (χ2n) is 6.35. The van der Waals surface area contributed by atoms with Gasteiger partial charge < -0.3 is 14.5 Å². The van der Waals surface area contributed by atoms with Crippen molar-refractivity contribution in [3.8, 4) is 5.88 Å². The van der Waals surface area contributed by atoms with Gasteiger partial charge in [-0.15, -0.1) is 5.10 Å². The fourth-order valence-electron chi connectivity index (χ4n) is 3.14. The number of carbonyl (C=O) groups excluding carboxylic acids is 2. The third-order valence-corrected chi connectivity index (χ3v) is 4.44. The molecule has 0 aromatic carbocycles. The van der Waals surface area contributed by atoms with Crippen molar-refractivity contribution in [1.29, 1.82) is 0 Å². The normalized spacial score (nSPS) is 24.9. The van der Waals surface area contributed by atoms with Crippen molar-refractivity contribution in [1.82, 2.24) is 20.0 Å². The second-order valence-corrected chi connectivity index (χ2v) is 6.35. The maximum absolute atomic E-state index is 12.6. The van der Waals surface area contributed by atoms with Crippen molar-refractivity contribution < 1.29 is 14.3 Å². The van der Waals surface area contributed by atoms with Gasteiger partial charge in [-0.05, 0) is 25.8 Å². The van der Waals surface area contributed by atoms with E-state index < -0.39 is 0 Å². The molecule has 23 heavy (non-hydrogen) atoms. The first kappa shape index (κ1) is 15.7. The van der Waals surface area contributed by atoms with E-state index in [1.165, 1.54) is 0 Å². The van der Waals surface area contributed by atoms with Crippen LogP contribution >= 0.6 is 0 Å². The SMILES string of the molecule is Cc1ccc(O[C@@H]2CCCN(C(=O)[C@H]3CC(=O)N(C)C3)C2)nn1. The lowest BCUT2D eigenvalue weighted by molar-refractivity contribution is -0.138. The van der Waals surface area contributed by atoms with Gasteiger partial charge in [0.05, 0.1) is 18.2 Å². The highest BCUT2D eigenvalue weighted by atomic mass is 16.5. The number of ether oxygens (including phenoxy) is 1. The third kappa shape index (κ3) is 3.60. The summed E-state index contributed by atoms with van der Waals surface area (Å²) >= 11 is 0. The maximum atomic E-state index is 12.6. The molecule has 0 radical (unpaired) electrons. The highest BCUT2D eigenvalue weighted by molar-refractivity contribution is 5.89. The Labute approximate surface area is 135 Å². The van der Waals surface area contributed by atoms with Crippen molar-refractivity contribution in [2.45, 2.75) is 32.3 Å². The Morgan fingerprint density at radius 2 is 2.13 bits per heavy atom. The molecule has 2 aliphatic heterocycles. The van der Waals surface area contributed by atoms with Crippen LogP contribution in [0.15, 0.2) is 12.1 Å². The molecule has 0 N–H and O–H groups in total. The molecule has 3 heterocycles. The molecule has 7 heteroatoms. The number of nitrogens with zero attached hydrogens (tertiary/aromatic N) is 4. The molecule has 0 spiro atoms. The zero-order valence-electron chi connectivity index (χ0n) is 13.6. The molecule has 2 amide bonds. The van der Waals surface area contributed by atoms with E-state index in [0.29, 0.717) is 25.4 Å². The number of piperidine rings is 1. The van der Waals surface area contributed by atoms with E-state index in [1.807, 2.05) is 17.9 Å². The number of hydrogen-bond acceptors (Lipinski definition) is 5. The molecular formula is C16H22N4O3. The van der Waals surface area contributed by atoms with E-state index in [9.17, 15) is 9.59 Å². The fourth-order valence-corrected chi connectivity index (χ4v) is 3.14. The number of likely N-dealkylation sites (tertiary alicyclic amines) is 2. The van der Waals surface area contributed by atoms with Gasteiger partial charge in [-0.1, -0.05) is 0 Å². The molecule has 0 aliphatic carbocycles. The molecule has 1 aromatic rings. The van der Waals surface area contributed by atoms with Crippen molar-refractivity contribution in [3.05, 3.63) is 17.8 Å². The van der Waals surface area contributed by atoms with Gasteiger partial charge in [0.25, 0.3) is 0 Å². The van der Waals surface area contributed by atoms with Crippen molar-refractivity contribution >= 4 is 11.8 Å². The number of carbonyl (C=O) groups is 2. The van der Waals surface area contributed by atoms with Gasteiger partial charge in [0.2, 0.25) is 17.7 Å². The second kappa shape index (κ2) is 6.52. The quantitative estimate of drug-likeness (QED) is 0.817. The average molecular weight is 318 g/mol. The Kier molecular flexibility index (Phi) is 4.45. The fraction of sp³-hybridized carbons (Fsp3) is 0.625. The predicted octanol–water partition coefficient (Wildman–Crippen LogP) is 0.633. The Bertz CT molecular complexity index is 589. The minimum atomic E-state index is -0.217. The number of hydrogen-bond donors (Lipinski definition) is 0. The number of aromatic nitrogens is 2. The molecule has 1 aromatic heterocycles. The van der Waals surface area contributed by atoms with E-state index >= 15 is 0 Å². The number of aryl methyl sites for hydroxylation is 1. The molecule has 2 fully saturated rings. The Balaban J connectivity index is 1.58. The summed E-state index contributed by atoms with van der Waals surface area (Å²) in [5.41, 5.74) is 0.841. The highest BCUT2D eigenvalue weighted by Gasteiger charge is 2.36. The largest absolute Gasteiger partial charge is 0.471 e. The van der Waals surface area contributed by atoms with Crippen LogP contribution in [-0.2, 0) is 9.59 Å². The summed E-state index contributed by atoms with van der Waals surface area (Å²) in [5.74, 6) is 0.380. The molecule has 2 atom stereocenters. The molecule has 2 aliphatic rings. The van der Waals surface area contributed by atoms with Gasteiger partial charge in [-0.2, -0.15) is 5.10 Å². The van der Waals surface area contributed by atoms with Crippen LogP contribution in [0.3, 0.4) is 0 Å². The van der Waals surface area contributed by atoms with E-state index in [-0.39, 0.29) is 23.8 Å². The summed E-state index contributed by atoms with van der Waals surface area (Å²) < 4.78 is 5.85. The highest BCUT2D eigenvalue weighted by Crippen LogP contribution is 2.22. The first-order valence-corrected chi connectivity index (χ1v) is 8.02. The summed E-state index contributed by atoms with van der Waals surface area (Å²) in [5, 5.41) is 7.99. The monoisotopic (exact) mass is 318 g/mol. The standard InChI is InChI=1S/C16H22N4O3/c1-11-5-6-14(18-17-11)23-13-4-3-7-20(10-13)16(22)12-8-15(21)19(2)9-12/h5-6,12-13H,3-4,7-10H2,1-2H3/t12-,13+/m0/s1. The van der Waals surface area contributed by atoms with Crippen LogP contribution in [0.4, 0.5) is 0 Å². The summed E-state index contributed by atoms with van der Waals surface area (Å²) in [6, 6.07) is 3.65. The minimum absolute atomic E-state index is 0.0445. The number of amides is 2. The third-order valence-electron chi connectivity index (χ3n) is 4.44. The zero-order valence-corrected chi connectivity index (χ0v) is 13.6. The van der Waals surface area contributed by atoms with Crippen LogP contribution in [0.2, 0.25) is 0 Å². The molecule has 3 rings (SSSR count). The topological polar surface area (TPSA) is 75.6 Å². The Morgan fingerprint density at radius 1 is 1.30 bits per heavy atom. The lowest BCUT2D eigenvalue weighted by Crippen LogP contribution is -2.47. The number of rotatable bonds is 3. The van der Waals surface area contributed by atoms with Gasteiger partial charge >= 0.3 is 0 Å². The van der Waals surface area contributed by atoms with Crippen LogP contribution in [0.1, 0.15) is 25.0 Å². The first-order chi connectivity index (χ1) is 11.0. The van der Waals surface area contributed by atoms with Gasteiger partial charge in [-0.3, -0.25) is 9.59 Å². The van der Waals surface area contributed by atoms with Crippen LogP contribution in [-0.4, -0.2) is 64.6 Å². The van der Waals surface area contributed by atoms with Crippen molar-refractivity contribution in [3.63, 3.8) is 0 Å². The summed E-state index contributed by atoms with van der Waals surface area (Å²) in [6.07, 6.45) is 2.04. The molecule has 0 unspecified atom stereocenters. The Hall–Kier alpha value is -2.18. The van der Waals surface area contributed by atoms with E-state index in [0.717, 1.165) is 25.1 Å². The summed E-state index contributed by atoms with van der Waals surface area (Å²) in [7, 11) is 1.74. The molecule has 124 valence electrons. The van der Waals surface area contributed by atoms with E-state index in [2.05, 4.69) is 10.2 Å². The molecule has 2 saturated heterocycles. The van der Waals surface area contributed by atoms with Gasteiger partial charge in [-0.25, -0.2) is 0 Å². The average Bonchev–Trinajstić information content (AvgIpc) is 2.88. The van der Waals surface area contributed by atoms with Gasteiger partial charge in [0, 0.05) is 32.6 Å². The van der Waals surface area contributed by atoms with Crippen LogP contribution < -0.4 is 4.74 Å². The summed E-state index contributed by atoms with van der Waals surface area (Å²) in [4.78, 5) is 27.7. The Morgan fingerprint density at radius 3 is 2.78 bits per heavy atom.